The third-order valence-corrected chi connectivity index (χ3v) is 7.39. The molecule has 6 rings (SSSR count). The second kappa shape index (κ2) is 12.4. The molecule has 3 aliphatic heterocycles. The van der Waals surface area contributed by atoms with Crippen LogP contribution in [-0.2, 0) is 16.0 Å². The maximum Gasteiger partial charge on any atom is 0.490 e. The molecule has 11 nitrogen and oxygen atoms in total. The van der Waals surface area contributed by atoms with E-state index in [9.17, 15) is 23.4 Å². The number of halogens is 3. The molecule has 0 spiro atoms. The lowest BCUT2D eigenvalue weighted by Crippen LogP contribution is -2.37. The first-order chi connectivity index (χ1) is 20.2. The first-order valence-corrected chi connectivity index (χ1v) is 13.6. The van der Waals surface area contributed by atoms with Gasteiger partial charge in [0.25, 0.3) is 0 Å². The Kier molecular flexibility index (Phi) is 8.64. The number of morpholine rings is 1. The summed E-state index contributed by atoms with van der Waals surface area (Å²) in [5.41, 5.74) is 3.87. The number of aliphatic hydroxyl groups is 1. The molecule has 0 aliphatic carbocycles. The Morgan fingerprint density at radius 3 is 2.52 bits per heavy atom. The van der Waals surface area contributed by atoms with E-state index in [4.69, 9.17) is 24.6 Å². The summed E-state index contributed by atoms with van der Waals surface area (Å²) in [5, 5.41) is 27.1. The maximum atomic E-state index is 10.6. The van der Waals surface area contributed by atoms with Gasteiger partial charge in [0.05, 0.1) is 31.6 Å². The number of benzene rings is 1. The van der Waals surface area contributed by atoms with Crippen LogP contribution in [0.25, 0.3) is 11.3 Å². The molecule has 14 heteroatoms. The number of carbonyl (C=O) groups is 1. The highest BCUT2D eigenvalue weighted by Crippen LogP contribution is 2.40. The number of alkyl halides is 3. The molecule has 2 fully saturated rings. The molecule has 0 unspecified atom stereocenters. The summed E-state index contributed by atoms with van der Waals surface area (Å²) in [4.78, 5) is 30.2. The Labute approximate surface area is 239 Å². The van der Waals surface area contributed by atoms with E-state index in [0.29, 0.717) is 19.2 Å². The molecule has 42 heavy (non-hydrogen) atoms. The number of aromatic nitrogens is 3. The first kappa shape index (κ1) is 29.3. The lowest BCUT2D eigenvalue weighted by atomic mass is 10.1. The van der Waals surface area contributed by atoms with E-state index in [2.05, 4.69) is 25.8 Å². The molecule has 224 valence electrons. The van der Waals surface area contributed by atoms with Crippen molar-refractivity contribution < 1.29 is 38.0 Å². The van der Waals surface area contributed by atoms with E-state index in [0.717, 1.165) is 79.6 Å². The van der Waals surface area contributed by atoms with Gasteiger partial charge < -0.3 is 34.8 Å². The quantitative estimate of drug-likeness (QED) is 0.405. The lowest BCUT2D eigenvalue weighted by molar-refractivity contribution is -0.192. The summed E-state index contributed by atoms with van der Waals surface area (Å²) in [5.74, 6) is -0.0558. The van der Waals surface area contributed by atoms with Crippen LogP contribution < -0.4 is 14.7 Å². The normalized spacial score (nSPS) is 18.5. The molecule has 0 amide bonds. The van der Waals surface area contributed by atoms with Crippen LogP contribution in [-0.4, -0.2) is 94.5 Å². The van der Waals surface area contributed by atoms with Crippen molar-refractivity contribution in [3.8, 4) is 17.0 Å². The fraction of sp³-hybridized carbons (Fsp3) is 0.429. The zero-order valence-corrected chi connectivity index (χ0v) is 22.7. The van der Waals surface area contributed by atoms with Gasteiger partial charge in [-0.15, -0.1) is 0 Å². The molecular formula is C28H31F3N6O5. The van der Waals surface area contributed by atoms with Crippen LogP contribution >= 0.6 is 0 Å². The van der Waals surface area contributed by atoms with Gasteiger partial charge in [-0.05, 0) is 37.5 Å². The number of aromatic hydroxyl groups is 1. The average Bonchev–Trinajstić information content (AvgIpc) is 3.64. The van der Waals surface area contributed by atoms with Gasteiger partial charge in [-0.1, -0.05) is 12.1 Å². The summed E-state index contributed by atoms with van der Waals surface area (Å²) in [6.07, 6.45) is -0.383. The van der Waals surface area contributed by atoms with E-state index in [-0.39, 0.29) is 18.4 Å². The number of carboxylic acids is 1. The Bertz CT molecular complexity index is 1420. The Balaban J connectivity index is 0.000000451. The van der Waals surface area contributed by atoms with Crippen molar-refractivity contribution in [3.63, 3.8) is 0 Å². The number of fused-ring (bicyclic) bond motifs is 1. The minimum absolute atomic E-state index is 0.122. The van der Waals surface area contributed by atoms with Gasteiger partial charge in [0, 0.05) is 55.3 Å². The number of aliphatic hydroxyl groups excluding tert-OH is 1. The topological polar surface area (TPSA) is 135 Å². The summed E-state index contributed by atoms with van der Waals surface area (Å²) >= 11 is 0. The summed E-state index contributed by atoms with van der Waals surface area (Å²) < 4.78 is 37.3. The molecule has 0 bridgehead atoms. The molecular weight excluding hydrogens is 557 g/mol. The number of ether oxygens (including phenoxy) is 1. The number of rotatable bonds is 5. The molecule has 2 saturated heterocycles. The number of pyridine rings is 1. The van der Waals surface area contributed by atoms with Gasteiger partial charge in [0.1, 0.15) is 17.4 Å². The molecule has 3 N–H and O–H groups in total. The summed E-state index contributed by atoms with van der Waals surface area (Å²) in [7, 11) is 0. The largest absolute Gasteiger partial charge is 0.508 e. The molecule has 1 aromatic carbocycles. The van der Waals surface area contributed by atoms with Gasteiger partial charge in [0.2, 0.25) is 5.95 Å². The molecule has 5 heterocycles. The summed E-state index contributed by atoms with van der Waals surface area (Å²) in [6, 6.07) is 11.5. The molecule has 3 aliphatic rings. The van der Waals surface area contributed by atoms with Crippen molar-refractivity contribution in [1.82, 2.24) is 15.0 Å². The average molecular weight is 589 g/mol. The van der Waals surface area contributed by atoms with Crippen molar-refractivity contribution in [2.75, 3.05) is 60.7 Å². The van der Waals surface area contributed by atoms with E-state index in [1.165, 1.54) is 0 Å². The number of aliphatic carboxylic acids is 1. The molecule has 1 atom stereocenters. The number of phenols is 1. The number of phenolic OH excluding ortho intramolecular Hbond substituents is 1. The van der Waals surface area contributed by atoms with Gasteiger partial charge in [-0.25, -0.2) is 14.8 Å². The van der Waals surface area contributed by atoms with Crippen molar-refractivity contribution in [3.05, 3.63) is 48.2 Å². The van der Waals surface area contributed by atoms with Crippen LogP contribution in [0, 0.1) is 0 Å². The van der Waals surface area contributed by atoms with Crippen LogP contribution in [0.1, 0.15) is 18.4 Å². The Hall–Kier alpha value is -4.17. The maximum absolute atomic E-state index is 10.6. The third kappa shape index (κ3) is 6.34. The van der Waals surface area contributed by atoms with Crippen LogP contribution in [0.15, 0.2) is 42.6 Å². The van der Waals surface area contributed by atoms with Gasteiger partial charge >= 0.3 is 12.1 Å². The highest BCUT2D eigenvalue weighted by molar-refractivity contribution is 5.78. The van der Waals surface area contributed by atoms with E-state index in [1.54, 1.807) is 12.1 Å². The fourth-order valence-electron chi connectivity index (χ4n) is 5.35. The predicted molar refractivity (Wildman–Crippen MR) is 148 cm³/mol. The first-order valence-electron chi connectivity index (χ1n) is 13.6. The second-order valence-electron chi connectivity index (χ2n) is 10.1. The Morgan fingerprint density at radius 2 is 1.83 bits per heavy atom. The van der Waals surface area contributed by atoms with Crippen molar-refractivity contribution in [1.29, 1.82) is 0 Å². The van der Waals surface area contributed by atoms with E-state index < -0.39 is 12.1 Å². The van der Waals surface area contributed by atoms with Gasteiger partial charge in [-0.3, -0.25) is 0 Å². The van der Waals surface area contributed by atoms with Crippen molar-refractivity contribution in [2.45, 2.75) is 31.5 Å². The zero-order chi connectivity index (χ0) is 29.9. The van der Waals surface area contributed by atoms with E-state index in [1.807, 2.05) is 24.4 Å². The monoisotopic (exact) mass is 588 g/mol. The molecule has 0 radical (unpaired) electrons. The summed E-state index contributed by atoms with van der Waals surface area (Å²) in [6.45, 7) is 4.63. The van der Waals surface area contributed by atoms with Crippen LogP contribution in [0.4, 0.5) is 36.4 Å². The number of hydrogen-bond donors (Lipinski definition) is 3. The number of nitrogens with zero attached hydrogens (tertiary/aromatic N) is 6. The van der Waals surface area contributed by atoms with Crippen molar-refractivity contribution in [2.24, 2.45) is 0 Å². The number of anilines is 4. The smallest absolute Gasteiger partial charge is 0.490 e. The SMILES string of the molecule is O=C(O)C(F)(F)F.OC[C@H]1CCCN1c1cc(N2CCc3c(-c4cccc(O)c4)nc(N4CCOCC4)nc32)ccn1. The molecule has 0 saturated carbocycles. The standard InChI is InChI=1S/C26H30N6O3.C2HF3O2/c33-17-20-4-2-9-31(20)23-16-19(6-8-27-23)32-10-7-22-24(18-3-1-5-21(34)15-18)28-26(29-25(22)32)30-11-13-35-14-12-30;3-2(4,5)1(6)7/h1,3,5-6,8,15-16,20,33-34H,2,4,7,9-14,17H2;(H,6,7)/t20-;/m1./s1. The highest BCUT2D eigenvalue weighted by Gasteiger charge is 2.38. The highest BCUT2D eigenvalue weighted by atomic mass is 19.4. The van der Waals surface area contributed by atoms with Crippen LogP contribution in [0.2, 0.25) is 0 Å². The van der Waals surface area contributed by atoms with Crippen LogP contribution in [0.5, 0.6) is 5.75 Å². The van der Waals surface area contributed by atoms with E-state index >= 15 is 0 Å². The second-order valence-corrected chi connectivity index (χ2v) is 10.1. The third-order valence-electron chi connectivity index (χ3n) is 7.39. The van der Waals surface area contributed by atoms with Gasteiger partial charge in [0.15, 0.2) is 0 Å². The number of hydrogen-bond acceptors (Lipinski definition) is 10. The van der Waals surface area contributed by atoms with Gasteiger partial charge in [-0.2, -0.15) is 18.2 Å². The molecule has 3 aromatic rings. The number of carboxylic acid groups (broad SMARTS) is 1. The molecule has 2 aromatic heterocycles. The lowest BCUT2D eigenvalue weighted by Gasteiger charge is -2.29. The minimum Gasteiger partial charge on any atom is -0.508 e. The zero-order valence-electron chi connectivity index (χ0n) is 22.7. The van der Waals surface area contributed by atoms with Crippen LogP contribution in [0.3, 0.4) is 0 Å². The Morgan fingerprint density at radius 1 is 1.07 bits per heavy atom. The minimum atomic E-state index is -5.08. The predicted octanol–water partition coefficient (Wildman–Crippen LogP) is 3.37. The van der Waals surface area contributed by atoms with Crippen molar-refractivity contribution >= 4 is 29.2 Å². The fourth-order valence-corrected chi connectivity index (χ4v) is 5.35.